The lowest BCUT2D eigenvalue weighted by Gasteiger charge is -2.10. The number of nitrogens with zero attached hydrogens (tertiary/aromatic N) is 1. The predicted octanol–water partition coefficient (Wildman–Crippen LogP) is 1.49. The van der Waals surface area contributed by atoms with Crippen molar-refractivity contribution in [3.8, 4) is 0 Å². The Kier molecular flexibility index (Phi) is 3.24. The molecule has 0 fully saturated rings. The topological polar surface area (TPSA) is 20.3 Å². The number of hydrogen-bond acceptors (Lipinski definition) is 2. The highest BCUT2D eigenvalue weighted by atomic mass is 19.4. The van der Waals surface area contributed by atoms with Crippen LogP contribution >= 0.6 is 0 Å². The molecule has 0 aliphatic heterocycles. The molecule has 0 rings (SSSR count). The molecule has 6 heteroatoms. The van der Waals surface area contributed by atoms with E-state index in [2.05, 4.69) is 0 Å². The van der Waals surface area contributed by atoms with Gasteiger partial charge in [-0.25, -0.2) is 0 Å². The molecule has 0 spiro atoms. The molecule has 0 saturated heterocycles. The molecule has 0 bridgehead atoms. The van der Waals surface area contributed by atoms with Crippen molar-refractivity contribution >= 4 is 6.04 Å². The Morgan fingerprint density at radius 3 is 1.83 bits per heavy atom. The first-order chi connectivity index (χ1) is 5.25. The molecule has 0 aliphatic rings. The van der Waals surface area contributed by atoms with Crippen LogP contribution in [0.15, 0.2) is 11.8 Å². The van der Waals surface area contributed by atoms with Crippen molar-refractivity contribution in [1.29, 1.82) is 0 Å². The molecule has 70 valence electrons. The lowest BCUT2D eigenvalue weighted by Crippen LogP contribution is -2.20. The van der Waals surface area contributed by atoms with Gasteiger partial charge in [0.05, 0.1) is 0 Å². The van der Waals surface area contributed by atoms with Crippen molar-refractivity contribution in [2.45, 2.75) is 6.18 Å². The third kappa shape index (κ3) is 3.36. The second-order valence-corrected chi connectivity index (χ2v) is 2.28. The SMILES string of the molecule is CN(C)C=C(C(=O)F)C(F)(F)F. The highest BCUT2D eigenvalue weighted by Crippen LogP contribution is 2.26. The Bertz CT molecular complexity index is 206. The van der Waals surface area contributed by atoms with Gasteiger partial charge in [0.2, 0.25) is 0 Å². The van der Waals surface area contributed by atoms with E-state index in [0.29, 0.717) is 6.20 Å². The van der Waals surface area contributed by atoms with Crippen molar-refractivity contribution in [3.05, 3.63) is 11.8 Å². The Labute approximate surface area is 66.5 Å². The Balaban J connectivity index is 4.81. The predicted molar refractivity (Wildman–Crippen MR) is 33.9 cm³/mol. The van der Waals surface area contributed by atoms with Gasteiger partial charge in [-0.2, -0.15) is 17.6 Å². The monoisotopic (exact) mass is 185 g/mol. The zero-order valence-corrected chi connectivity index (χ0v) is 6.44. The van der Waals surface area contributed by atoms with E-state index < -0.39 is 17.8 Å². The van der Waals surface area contributed by atoms with Gasteiger partial charge >= 0.3 is 12.2 Å². The second-order valence-electron chi connectivity index (χ2n) is 2.28. The van der Waals surface area contributed by atoms with Crippen LogP contribution in [-0.4, -0.2) is 31.2 Å². The first kappa shape index (κ1) is 10.9. The average Bonchev–Trinajstić information content (AvgIpc) is 1.79. The minimum Gasteiger partial charge on any atom is -0.383 e. The zero-order valence-electron chi connectivity index (χ0n) is 6.44. The summed E-state index contributed by atoms with van der Waals surface area (Å²) >= 11 is 0. The first-order valence-corrected chi connectivity index (χ1v) is 2.90. The third-order valence-electron chi connectivity index (χ3n) is 0.904. The molecule has 0 heterocycles. The summed E-state index contributed by atoms with van der Waals surface area (Å²) in [7, 11) is 2.52. The van der Waals surface area contributed by atoms with Gasteiger partial charge in [-0.1, -0.05) is 0 Å². The molecule has 0 aliphatic carbocycles. The number of halogens is 4. The second kappa shape index (κ2) is 3.55. The van der Waals surface area contributed by atoms with Gasteiger partial charge in [0.1, 0.15) is 5.57 Å². The van der Waals surface area contributed by atoms with Gasteiger partial charge in [0.25, 0.3) is 0 Å². The smallest absolute Gasteiger partial charge is 0.383 e. The Morgan fingerprint density at radius 2 is 1.75 bits per heavy atom. The lowest BCUT2D eigenvalue weighted by molar-refractivity contribution is -0.138. The summed E-state index contributed by atoms with van der Waals surface area (Å²) in [6.45, 7) is 0. The fourth-order valence-corrected chi connectivity index (χ4v) is 0.494. The summed E-state index contributed by atoms with van der Waals surface area (Å²) in [5.41, 5.74) is -1.80. The van der Waals surface area contributed by atoms with Crippen LogP contribution in [0.4, 0.5) is 17.6 Å². The van der Waals surface area contributed by atoms with Crippen LogP contribution in [0.2, 0.25) is 0 Å². The minimum atomic E-state index is -4.93. The van der Waals surface area contributed by atoms with E-state index in [1.807, 2.05) is 0 Å². The van der Waals surface area contributed by atoms with Crippen LogP contribution in [0.25, 0.3) is 0 Å². The van der Waals surface area contributed by atoms with Gasteiger partial charge in [0, 0.05) is 20.3 Å². The Morgan fingerprint density at radius 1 is 1.33 bits per heavy atom. The van der Waals surface area contributed by atoms with Gasteiger partial charge in [0.15, 0.2) is 0 Å². The summed E-state index contributed by atoms with van der Waals surface area (Å²) in [6, 6.07) is -2.48. The maximum absolute atomic E-state index is 11.8. The maximum Gasteiger partial charge on any atom is 0.423 e. The van der Waals surface area contributed by atoms with E-state index in [-0.39, 0.29) is 0 Å². The van der Waals surface area contributed by atoms with E-state index >= 15 is 0 Å². The molecule has 0 aromatic rings. The number of alkyl halides is 3. The fraction of sp³-hybridized carbons (Fsp3) is 0.500. The molecule has 0 unspecified atom stereocenters. The molecule has 0 aromatic carbocycles. The van der Waals surface area contributed by atoms with Crippen LogP contribution in [0.5, 0.6) is 0 Å². The van der Waals surface area contributed by atoms with E-state index in [0.717, 1.165) is 4.90 Å². The number of allylic oxidation sites excluding steroid dienone is 1. The Hall–Kier alpha value is -1.07. The van der Waals surface area contributed by atoms with Crippen LogP contribution in [0.3, 0.4) is 0 Å². The van der Waals surface area contributed by atoms with Gasteiger partial charge < -0.3 is 4.90 Å². The normalized spacial score (nSPS) is 13.0. The van der Waals surface area contributed by atoms with Crippen molar-refractivity contribution in [2.75, 3.05) is 14.1 Å². The van der Waals surface area contributed by atoms with Crippen molar-refractivity contribution in [1.82, 2.24) is 4.90 Å². The summed E-state index contributed by atoms with van der Waals surface area (Å²) in [5, 5.41) is 0. The molecule has 2 nitrogen and oxygen atoms in total. The van der Waals surface area contributed by atoms with Gasteiger partial charge in [-0.15, -0.1) is 0 Å². The van der Waals surface area contributed by atoms with Gasteiger partial charge in [-0.3, -0.25) is 4.79 Å². The molecule has 0 amide bonds. The largest absolute Gasteiger partial charge is 0.423 e. The molecule has 0 radical (unpaired) electrons. The number of rotatable bonds is 2. The first-order valence-electron chi connectivity index (χ1n) is 2.90. The number of carbonyl (C=O) groups is 1. The molecular formula is C6H7F4NO. The van der Waals surface area contributed by atoms with Crippen molar-refractivity contribution in [2.24, 2.45) is 0 Å². The average molecular weight is 185 g/mol. The van der Waals surface area contributed by atoms with Gasteiger partial charge in [-0.05, 0) is 0 Å². The third-order valence-corrected chi connectivity index (χ3v) is 0.904. The number of hydrogen-bond donors (Lipinski definition) is 0. The quantitative estimate of drug-likeness (QED) is 0.369. The van der Waals surface area contributed by atoms with Crippen LogP contribution in [-0.2, 0) is 4.79 Å². The van der Waals surface area contributed by atoms with E-state index in [4.69, 9.17) is 0 Å². The van der Waals surface area contributed by atoms with Crippen LogP contribution < -0.4 is 0 Å². The summed E-state index contributed by atoms with van der Waals surface area (Å²) < 4.78 is 47.1. The highest BCUT2D eigenvalue weighted by Gasteiger charge is 2.39. The van der Waals surface area contributed by atoms with Crippen LogP contribution in [0.1, 0.15) is 0 Å². The molecule has 0 atom stereocenters. The molecule has 0 saturated carbocycles. The minimum absolute atomic E-state index is 0.391. The lowest BCUT2D eigenvalue weighted by atomic mass is 10.3. The van der Waals surface area contributed by atoms with E-state index in [1.165, 1.54) is 14.1 Å². The maximum atomic E-state index is 11.8. The summed E-state index contributed by atoms with van der Waals surface area (Å²) in [6.07, 6.45) is -4.54. The van der Waals surface area contributed by atoms with E-state index in [9.17, 15) is 22.4 Å². The summed E-state index contributed by atoms with van der Waals surface area (Å²) in [5.74, 6) is 0. The zero-order chi connectivity index (χ0) is 9.94. The van der Waals surface area contributed by atoms with E-state index in [1.54, 1.807) is 0 Å². The highest BCUT2D eigenvalue weighted by molar-refractivity contribution is 5.88. The molecule has 0 aromatic heterocycles. The fourth-order valence-electron chi connectivity index (χ4n) is 0.494. The van der Waals surface area contributed by atoms with Crippen LogP contribution in [0, 0.1) is 0 Å². The molecule has 0 N–H and O–H groups in total. The molecule has 12 heavy (non-hydrogen) atoms. The molecular weight excluding hydrogens is 178 g/mol. The number of carbonyl (C=O) groups excluding carboxylic acids is 1. The summed E-state index contributed by atoms with van der Waals surface area (Å²) in [4.78, 5) is 10.8. The van der Waals surface area contributed by atoms with Crippen molar-refractivity contribution < 1.29 is 22.4 Å². The standard InChI is InChI=1S/C6H7F4NO/c1-11(2)3-4(5(7)12)6(8,9)10/h3H,1-2H3. The van der Waals surface area contributed by atoms with Crippen molar-refractivity contribution in [3.63, 3.8) is 0 Å².